The third-order valence-corrected chi connectivity index (χ3v) is 3.32. The Hall–Kier alpha value is -1.65. The van der Waals surface area contributed by atoms with Gasteiger partial charge < -0.3 is 10.1 Å². The summed E-state index contributed by atoms with van der Waals surface area (Å²) in [4.78, 5) is 0. The van der Waals surface area contributed by atoms with Crippen LogP contribution in [0.15, 0.2) is 36.4 Å². The first-order valence-electron chi connectivity index (χ1n) is 6.67. The molecule has 2 aromatic carbocycles. The Balaban J connectivity index is 2.17. The molecule has 112 valence electrons. The highest BCUT2D eigenvalue weighted by atomic mass is 35.5. The first-order chi connectivity index (χ1) is 10.1. The van der Waals surface area contributed by atoms with Crippen molar-refractivity contribution >= 4 is 11.6 Å². The fraction of sp³-hybridized carbons (Fsp3) is 0.250. The number of hydrogen-bond acceptors (Lipinski definition) is 2. The lowest BCUT2D eigenvalue weighted by Gasteiger charge is -2.14. The van der Waals surface area contributed by atoms with Crippen molar-refractivity contribution in [3.05, 3.63) is 64.2 Å². The van der Waals surface area contributed by atoms with E-state index in [0.29, 0.717) is 17.3 Å². The van der Waals surface area contributed by atoms with Crippen LogP contribution in [0.1, 0.15) is 18.1 Å². The van der Waals surface area contributed by atoms with Crippen molar-refractivity contribution in [2.24, 2.45) is 0 Å². The van der Waals surface area contributed by atoms with E-state index in [4.69, 9.17) is 16.3 Å². The second-order valence-corrected chi connectivity index (χ2v) is 4.92. The molecular formula is C16H16ClF2NO. The number of halogens is 3. The standard InChI is InChI=1S/C16H16ClF2NO/c1-2-20-9-11-5-3-7-13(17)16(11)21-10-12-6-4-8-14(18)15(12)19/h3-8,20H,2,9-10H2,1H3. The average molecular weight is 312 g/mol. The summed E-state index contributed by atoms with van der Waals surface area (Å²) in [5.74, 6) is -1.29. The molecular weight excluding hydrogens is 296 g/mol. The molecule has 0 aliphatic carbocycles. The highest BCUT2D eigenvalue weighted by Crippen LogP contribution is 2.29. The topological polar surface area (TPSA) is 21.3 Å². The maximum absolute atomic E-state index is 13.6. The summed E-state index contributed by atoms with van der Waals surface area (Å²) in [5.41, 5.74) is 1.03. The van der Waals surface area contributed by atoms with Crippen LogP contribution in [0, 0.1) is 11.6 Å². The van der Waals surface area contributed by atoms with Gasteiger partial charge in [-0.2, -0.15) is 0 Å². The zero-order valence-electron chi connectivity index (χ0n) is 11.6. The summed E-state index contributed by atoms with van der Waals surface area (Å²) in [7, 11) is 0. The van der Waals surface area contributed by atoms with Crippen molar-refractivity contribution < 1.29 is 13.5 Å². The second-order valence-electron chi connectivity index (χ2n) is 4.51. The Morgan fingerprint density at radius 3 is 2.57 bits per heavy atom. The normalized spacial score (nSPS) is 10.7. The third-order valence-electron chi connectivity index (χ3n) is 3.02. The van der Waals surface area contributed by atoms with Crippen molar-refractivity contribution in [1.29, 1.82) is 0 Å². The van der Waals surface area contributed by atoms with E-state index in [9.17, 15) is 8.78 Å². The molecule has 0 bridgehead atoms. The van der Waals surface area contributed by atoms with Crippen LogP contribution in [-0.4, -0.2) is 6.54 Å². The van der Waals surface area contributed by atoms with Crippen molar-refractivity contribution in [1.82, 2.24) is 5.32 Å². The lowest BCUT2D eigenvalue weighted by atomic mass is 10.2. The van der Waals surface area contributed by atoms with Gasteiger partial charge in [-0.05, 0) is 18.7 Å². The van der Waals surface area contributed by atoms with Crippen molar-refractivity contribution in [3.8, 4) is 5.75 Å². The van der Waals surface area contributed by atoms with Gasteiger partial charge in [0.25, 0.3) is 0 Å². The van der Waals surface area contributed by atoms with Gasteiger partial charge in [0.2, 0.25) is 0 Å². The molecule has 0 unspecified atom stereocenters. The van der Waals surface area contributed by atoms with Gasteiger partial charge in [0, 0.05) is 17.7 Å². The Morgan fingerprint density at radius 2 is 1.81 bits per heavy atom. The van der Waals surface area contributed by atoms with E-state index in [-0.39, 0.29) is 12.2 Å². The molecule has 0 fully saturated rings. The fourth-order valence-corrected chi connectivity index (χ4v) is 2.17. The molecule has 0 atom stereocenters. The minimum atomic E-state index is -0.891. The molecule has 2 rings (SSSR count). The Labute approximate surface area is 127 Å². The molecule has 0 saturated heterocycles. The molecule has 2 nitrogen and oxygen atoms in total. The number of hydrogen-bond donors (Lipinski definition) is 1. The SMILES string of the molecule is CCNCc1cccc(Cl)c1OCc1cccc(F)c1F. The quantitative estimate of drug-likeness (QED) is 0.858. The van der Waals surface area contributed by atoms with Gasteiger partial charge in [-0.1, -0.05) is 42.8 Å². The van der Waals surface area contributed by atoms with Crippen LogP contribution >= 0.6 is 11.6 Å². The summed E-state index contributed by atoms with van der Waals surface area (Å²) in [5, 5.41) is 3.62. The molecule has 0 aliphatic rings. The third kappa shape index (κ3) is 3.93. The summed E-state index contributed by atoms with van der Waals surface area (Å²) in [6, 6.07) is 9.41. The lowest BCUT2D eigenvalue weighted by Crippen LogP contribution is -2.13. The van der Waals surface area contributed by atoms with Crippen molar-refractivity contribution in [3.63, 3.8) is 0 Å². The van der Waals surface area contributed by atoms with Gasteiger partial charge in [0.15, 0.2) is 11.6 Å². The molecule has 21 heavy (non-hydrogen) atoms. The molecule has 2 aromatic rings. The van der Waals surface area contributed by atoms with E-state index >= 15 is 0 Å². The van der Waals surface area contributed by atoms with Crippen LogP contribution in [0.3, 0.4) is 0 Å². The fourth-order valence-electron chi connectivity index (χ4n) is 1.92. The van der Waals surface area contributed by atoms with E-state index in [1.54, 1.807) is 6.07 Å². The molecule has 0 aromatic heterocycles. The zero-order chi connectivity index (χ0) is 15.2. The summed E-state index contributed by atoms with van der Waals surface area (Å²) >= 11 is 6.13. The van der Waals surface area contributed by atoms with Gasteiger partial charge in [-0.25, -0.2) is 8.78 Å². The molecule has 0 radical (unpaired) electrons. The Kier molecular flexibility index (Phi) is 5.53. The van der Waals surface area contributed by atoms with E-state index in [0.717, 1.165) is 18.2 Å². The maximum Gasteiger partial charge on any atom is 0.165 e. The van der Waals surface area contributed by atoms with E-state index in [1.165, 1.54) is 12.1 Å². The molecule has 0 spiro atoms. The largest absolute Gasteiger partial charge is 0.487 e. The van der Waals surface area contributed by atoms with E-state index < -0.39 is 11.6 Å². The number of ether oxygens (including phenoxy) is 1. The average Bonchev–Trinajstić information content (AvgIpc) is 2.48. The number of nitrogens with one attached hydrogen (secondary N) is 1. The van der Waals surface area contributed by atoms with Gasteiger partial charge in [0.05, 0.1) is 5.02 Å². The molecule has 1 N–H and O–H groups in total. The monoisotopic (exact) mass is 311 g/mol. The van der Waals surface area contributed by atoms with Gasteiger partial charge in [-0.3, -0.25) is 0 Å². The highest BCUT2D eigenvalue weighted by molar-refractivity contribution is 6.32. The Bertz CT molecular complexity index is 619. The van der Waals surface area contributed by atoms with Crippen molar-refractivity contribution in [2.75, 3.05) is 6.54 Å². The van der Waals surface area contributed by atoms with Crippen LogP contribution in [-0.2, 0) is 13.2 Å². The lowest BCUT2D eigenvalue weighted by molar-refractivity contribution is 0.293. The predicted octanol–water partition coefficient (Wildman–Crippen LogP) is 4.31. The molecule has 5 heteroatoms. The summed E-state index contributed by atoms with van der Waals surface area (Å²) in [6.07, 6.45) is 0. The molecule has 0 aliphatic heterocycles. The van der Waals surface area contributed by atoms with Gasteiger partial charge in [0.1, 0.15) is 12.4 Å². The number of rotatable bonds is 6. The van der Waals surface area contributed by atoms with Gasteiger partial charge in [-0.15, -0.1) is 0 Å². The zero-order valence-corrected chi connectivity index (χ0v) is 12.4. The van der Waals surface area contributed by atoms with Crippen LogP contribution in [0.4, 0.5) is 8.78 Å². The van der Waals surface area contributed by atoms with Crippen LogP contribution in [0.5, 0.6) is 5.75 Å². The summed E-state index contributed by atoms with van der Waals surface area (Å²) < 4.78 is 32.4. The van der Waals surface area contributed by atoms with E-state index in [1.807, 2.05) is 19.1 Å². The molecule has 0 amide bonds. The summed E-state index contributed by atoms with van der Waals surface area (Å²) in [6.45, 7) is 3.32. The smallest absolute Gasteiger partial charge is 0.165 e. The van der Waals surface area contributed by atoms with Crippen molar-refractivity contribution in [2.45, 2.75) is 20.1 Å². The number of para-hydroxylation sites is 1. The minimum Gasteiger partial charge on any atom is -0.487 e. The number of benzene rings is 2. The van der Waals surface area contributed by atoms with E-state index in [2.05, 4.69) is 5.32 Å². The molecule has 0 saturated carbocycles. The first kappa shape index (κ1) is 15.7. The maximum atomic E-state index is 13.6. The van der Waals surface area contributed by atoms with Crippen LogP contribution in [0.25, 0.3) is 0 Å². The highest BCUT2D eigenvalue weighted by Gasteiger charge is 2.12. The van der Waals surface area contributed by atoms with Crippen LogP contribution < -0.4 is 10.1 Å². The first-order valence-corrected chi connectivity index (χ1v) is 7.05. The minimum absolute atomic E-state index is 0.0769. The van der Waals surface area contributed by atoms with Gasteiger partial charge >= 0.3 is 0 Å². The Morgan fingerprint density at radius 1 is 1.10 bits per heavy atom. The second kappa shape index (κ2) is 7.38. The van der Waals surface area contributed by atoms with Crippen LogP contribution in [0.2, 0.25) is 5.02 Å². The predicted molar refractivity (Wildman–Crippen MR) is 79.5 cm³/mol. The molecule has 0 heterocycles.